The van der Waals surface area contributed by atoms with E-state index >= 15 is 0 Å². The SMILES string of the molecule is COC(=O)Nc1nc(C(CCN2CCC(c3ccccc3)CC2)C(=O)NCc2cc(C(F)(F)F)cc(C(F)(F)F)c2)cs1. The molecule has 14 heteroatoms. The Morgan fingerprint density at radius 1 is 1.02 bits per heavy atom. The second-order valence-corrected chi connectivity index (χ2v) is 11.1. The van der Waals surface area contributed by atoms with E-state index in [2.05, 4.69) is 37.4 Å². The molecule has 3 aromatic rings. The standard InChI is InChI=1S/C29H30F6N4O3S/c1-42-27(41)38-26-37-24(17-43-26)23(9-12-39-10-7-20(8-11-39)19-5-3-2-4-6-19)25(40)36-16-18-13-21(28(30,31)32)15-22(14-18)29(33,34)35/h2-6,13-15,17,20,23H,7-12,16H2,1H3,(H,36,40)(H,37,38,41). The van der Waals surface area contributed by atoms with Gasteiger partial charge >= 0.3 is 18.4 Å². The van der Waals surface area contributed by atoms with Crippen LogP contribution in [0.2, 0.25) is 0 Å². The van der Waals surface area contributed by atoms with Crippen LogP contribution in [0, 0.1) is 0 Å². The summed E-state index contributed by atoms with van der Waals surface area (Å²) in [5.41, 5.74) is -1.67. The van der Waals surface area contributed by atoms with Crippen molar-refractivity contribution in [3.05, 3.63) is 81.9 Å². The number of rotatable bonds is 9. The third-order valence-corrected chi connectivity index (χ3v) is 8.07. The zero-order chi connectivity index (χ0) is 31.2. The third-order valence-electron chi connectivity index (χ3n) is 7.30. The summed E-state index contributed by atoms with van der Waals surface area (Å²) in [6, 6.07) is 11.4. The lowest BCUT2D eigenvalue weighted by molar-refractivity contribution is -0.143. The lowest BCUT2D eigenvalue weighted by atomic mass is 9.89. The highest BCUT2D eigenvalue weighted by atomic mass is 32.1. The number of hydrogen-bond donors (Lipinski definition) is 2. The number of nitrogens with zero attached hydrogens (tertiary/aromatic N) is 2. The highest BCUT2D eigenvalue weighted by Gasteiger charge is 2.37. The van der Waals surface area contributed by atoms with Gasteiger partial charge < -0.3 is 15.0 Å². The predicted molar refractivity (Wildman–Crippen MR) is 149 cm³/mol. The molecule has 2 heterocycles. The first-order chi connectivity index (χ1) is 20.3. The molecule has 1 aliphatic heterocycles. The third kappa shape index (κ3) is 8.92. The normalized spacial score (nSPS) is 15.6. The Labute approximate surface area is 248 Å². The largest absolute Gasteiger partial charge is 0.453 e. The van der Waals surface area contributed by atoms with Crippen LogP contribution in [0.15, 0.2) is 53.9 Å². The van der Waals surface area contributed by atoms with E-state index in [-0.39, 0.29) is 16.8 Å². The van der Waals surface area contributed by atoms with E-state index in [1.165, 1.54) is 12.7 Å². The van der Waals surface area contributed by atoms with Crippen molar-refractivity contribution in [2.45, 2.75) is 50.0 Å². The van der Waals surface area contributed by atoms with Crippen molar-refractivity contribution in [1.82, 2.24) is 15.2 Å². The number of likely N-dealkylation sites (tertiary alicyclic amines) is 1. The highest BCUT2D eigenvalue weighted by Crippen LogP contribution is 2.36. The Morgan fingerprint density at radius 2 is 1.65 bits per heavy atom. The van der Waals surface area contributed by atoms with Crippen LogP contribution in [0.3, 0.4) is 0 Å². The summed E-state index contributed by atoms with van der Waals surface area (Å²) >= 11 is 1.06. The molecule has 1 aliphatic rings. The molecule has 1 aromatic heterocycles. The quantitative estimate of drug-likeness (QED) is 0.249. The molecule has 2 aromatic carbocycles. The fraction of sp³-hybridized carbons (Fsp3) is 0.414. The number of amides is 2. The molecule has 0 bridgehead atoms. The lowest BCUT2D eigenvalue weighted by Crippen LogP contribution is -2.36. The van der Waals surface area contributed by atoms with Crippen LogP contribution in [-0.4, -0.2) is 48.6 Å². The number of aromatic nitrogens is 1. The van der Waals surface area contributed by atoms with Crippen LogP contribution in [0.5, 0.6) is 0 Å². The van der Waals surface area contributed by atoms with Crippen molar-refractivity contribution in [2.75, 3.05) is 32.1 Å². The second-order valence-electron chi connectivity index (χ2n) is 10.2. The number of alkyl halides is 6. The number of nitrogens with one attached hydrogen (secondary N) is 2. The maximum atomic E-state index is 13.4. The Kier molecular flexibility index (Phi) is 10.3. The van der Waals surface area contributed by atoms with Gasteiger partial charge in [-0.3, -0.25) is 10.1 Å². The molecule has 1 unspecified atom stereocenters. The van der Waals surface area contributed by atoms with Crippen LogP contribution in [0.25, 0.3) is 0 Å². The molecule has 0 saturated carbocycles. The summed E-state index contributed by atoms with van der Waals surface area (Å²) in [5, 5.41) is 6.66. The van der Waals surface area contributed by atoms with Crippen molar-refractivity contribution >= 4 is 28.5 Å². The van der Waals surface area contributed by atoms with Gasteiger partial charge in [0.05, 0.1) is 29.8 Å². The lowest BCUT2D eigenvalue weighted by Gasteiger charge is -2.32. The molecule has 1 fully saturated rings. The van der Waals surface area contributed by atoms with Crippen molar-refractivity contribution < 1.29 is 40.7 Å². The number of thiazole rings is 1. The van der Waals surface area contributed by atoms with Crippen LogP contribution < -0.4 is 10.6 Å². The van der Waals surface area contributed by atoms with Crippen LogP contribution >= 0.6 is 11.3 Å². The summed E-state index contributed by atoms with van der Waals surface area (Å²) in [4.78, 5) is 31.5. The number of ether oxygens (including phenoxy) is 1. The highest BCUT2D eigenvalue weighted by molar-refractivity contribution is 7.13. The van der Waals surface area contributed by atoms with E-state index in [1.54, 1.807) is 5.38 Å². The number of methoxy groups -OCH3 is 1. The smallest absolute Gasteiger partial charge is 0.416 e. The minimum atomic E-state index is -5.00. The molecule has 0 aliphatic carbocycles. The van der Waals surface area contributed by atoms with Gasteiger partial charge in [-0.1, -0.05) is 30.3 Å². The fourth-order valence-electron chi connectivity index (χ4n) is 5.02. The molecule has 7 nitrogen and oxygen atoms in total. The first-order valence-electron chi connectivity index (χ1n) is 13.5. The van der Waals surface area contributed by atoms with Crippen molar-refractivity contribution in [2.24, 2.45) is 0 Å². The van der Waals surface area contributed by atoms with Gasteiger partial charge in [-0.15, -0.1) is 11.3 Å². The maximum absolute atomic E-state index is 13.4. The molecular formula is C29H30F6N4O3S. The molecular weight excluding hydrogens is 598 g/mol. The predicted octanol–water partition coefficient (Wildman–Crippen LogP) is 7.03. The summed E-state index contributed by atoms with van der Waals surface area (Å²) in [6.07, 6.45) is -8.60. The van der Waals surface area contributed by atoms with Crippen molar-refractivity contribution in [1.29, 1.82) is 0 Å². The Bertz CT molecular complexity index is 1360. The number of anilines is 1. The topological polar surface area (TPSA) is 83.6 Å². The number of carbonyl (C=O) groups is 2. The monoisotopic (exact) mass is 628 g/mol. The molecule has 2 N–H and O–H groups in total. The first-order valence-corrected chi connectivity index (χ1v) is 14.3. The first kappa shape index (κ1) is 32.3. The Morgan fingerprint density at radius 3 is 2.23 bits per heavy atom. The van der Waals surface area contributed by atoms with Gasteiger partial charge in [0.15, 0.2) is 5.13 Å². The molecule has 0 spiro atoms. The molecule has 43 heavy (non-hydrogen) atoms. The average molecular weight is 629 g/mol. The van der Waals surface area contributed by atoms with Gasteiger partial charge in [-0.25, -0.2) is 9.78 Å². The van der Waals surface area contributed by atoms with Crippen LogP contribution in [0.4, 0.5) is 36.3 Å². The van der Waals surface area contributed by atoms with E-state index in [0.29, 0.717) is 36.7 Å². The van der Waals surface area contributed by atoms with E-state index in [9.17, 15) is 35.9 Å². The Balaban J connectivity index is 1.47. The number of hydrogen-bond acceptors (Lipinski definition) is 6. The van der Waals surface area contributed by atoms with E-state index in [1.807, 2.05) is 18.2 Å². The van der Waals surface area contributed by atoms with Gasteiger partial charge in [0.1, 0.15) is 0 Å². The minimum Gasteiger partial charge on any atom is -0.453 e. The van der Waals surface area contributed by atoms with Gasteiger partial charge in [0.25, 0.3) is 0 Å². The molecule has 1 atom stereocenters. The maximum Gasteiger partial charge on any atom is 0.416 e. The summed E-state index contributed by atoms with van der Waals surface area (Å²) < 4.78 is 84.3. The molecule has 4 rings (SSSR count). The minimum absolute atomic E-state index is 0.0419. The summed E-state index contributed by atoms with van der Waals surface area (Å²) in [7, 11) is 1.18. The van der Waals surface area contributed by atoms with E-state index in [4.69, 9.17) is 0 Å². The van der Waals surface area contributed by atoms with E-state index < -0.39 is 47.9 Å². The van der Waals surface area contributed by atoms with Gasteiger partial charge in [-0.05, 0) is 74.1 Å². The summed E-state index contributed by atoms with van der Waals surface area (Å²) in [6.45, 7) is 1.55. The zero-order valence-electron chi connectivity index (χ0n) is 23.1. The van der Waals surface area contributed by atoms with Crippen molar-refractivity contribution in [3.63, 3.8) is 0 Å². The summed E-state index contributed by atoms with van der Waals surface area (Å²) in [5.74, 6) is -1.06. The molecule has 1 saturated heterocycles. The number of halogens is 6. The van der Waals surface area contributed by atoms with Gasteiger partial charge in [0, 0.05) is 11.9 Å². The number of benzene rings is 2. The van der Waals surface area contributed by atoms with Gasteiger partial charge in [-0.2, -0.15) is 26.3 Å². The molecule has 232 valence electrons. The van der Waals surface area contributed by atoms with E-state index in [0.717, 1.165) is 37.3 Å². The molecule has 0 radical (unpaired) electrons. The average Bonchev–Trinajstić information content (AvgIpc) is 3.43. The van der Waals surface area contributed by atoms with Crippen LogP contribution in [0.1, 0.15) is 59.0 Å². The van der Waals surface area contributed by atoms with Gasteiger partial charge in [0.2, 0.25) is 5.91 Å². The Hall–Kier alpha value is -3.65. The van der Waals surface area contributed by atoms with Crippen molar-refractivity contribution in [3.8, 4) is 0 Å². The zero-order valence-corrected chi connectivity index (χ0v) is 23.9. The number of piperidine rings is 1. The van der Waals surface area contributed by atoms with Crippen LogP contribution in [-0.2, 0) is 28.4 Å². The second kappa shape index (κ2) is 13.8. The molecule has 2 amide bonds. The number of carbonyl (C=O) groups excluding carboxylic acids is 2. The fourth-order valence-corrected chi connectivity index (χ4v) is 5.77.